The van der Waals surface area contributed by atoms with Crippen LogP contribution in [-0.2, 0) is 13.6 Å². The molecule has 2 aromatic rings. The van der Waals surface area contributed by atoms with Gasteiger partial charge < -0.3 is 9.88 Å². The molecule has 1 aromatic heterocycles. The maximum Gasteiger partial charge on any atom is 0.0481 e. The van der Waals surface area contributed by atoms with Gasteiger partial charge >= 0.3 is 0 Å². The average Bonchev–Trinajstić information content (AvgIpc) is 2.67. The van der Waals surface area contributed by atoms with E-state index in [1.165, 1.54) is 22.9 Å². The number of fused-ring (bicyclic) bond motifs is 1. The van der Waals surface area contributed by atoms with Crippen molar-refractivity contribution >= 4 is 10.9 Å². The van der Waals surface area contributed by atoms with Crippen molar-refractivity contribution in [3.8, 4) is 0 Å². The normalized spacial score (nSPS) is 13.1. The first kappa shape index (κ1) is 12.2. The summed E-state index contributed by atoms with van der Waals surface area (Å²) in [6.07, 6.45) is 3.47. The number of rotatable bonds is 5. The van der Waals surface area contributed by atoms with E-state index in [9.17, 15) is 0 Å². The first-order valence-corrected chi connectivity index (χ1v) is 6.46. The van der Waals surface area contributed by atoms with E-state index < -0.39 is 0 Å². The average molecular weight is 230 g/mol. The van der Waals surface area contributed by atoms with Crippen LogP contribution in [0.2, 0.25) is 0 Å². The summed E-state index contributed by atoms with van der Waals surface area (Å²) in [4.78, 5) is 0. The van der Waals surface area contributed by atoms with E-state index in [1.807, 2.05) is 0 Å². The van der Waals surface area contributed by atoms with E-state index in [4.69, 9.17) is 0 Å². The van der Waals surface area contributed by atoms with Gasteiger partial charge in [0.25, 0.3) is 0 Å². The lowest BCUT2D eigenvalue weighted by Gasteiger charge is -2.09. The van der Waals surface area contributed by atoms with Crippen LogP contribution < -0.4 is 5.32 Å². The van der Waals surface area contributed by atoms with Gasteiger partial charge in [-0.2, -0.15) is 0 Å². The zero-order valence-electron chi connectivity index (χ0n) is 11.0. The molecule has 0 radical (unpaired) electrons. The van der Waals surface area contributed by atoms with Crippen molar-refractivity contribution in [3.63, 3.8) is 0 Å². The molecule has 92 valence electrons. The Bertz CT molecular complexity index is 485. The van der Waals surface area contributed by atoms with Crippen LogP contribution in [0.1, 0.15) is 25.8 Å². The molecule has 1 heterocycles. The fraction of sp³-hybridized carbons (Fsp3) is 0.467. The van der Waals surface area contributed by atoms with Gasteiger partial charge in [-0.25, -0.2) is 0 Å². The Morgan fingerprint density at radius 1 is 1.29 bits per heavy atom. The molecule has 0 fully saturated rings. The molecule has 0 saturated carbocycles. The second kappa shape index (κ2) is 5.37. The third kappa shape index (κ3) is 2.70. The third-order valence-corrected chi connectivity index (χ3v) is 3.48. The molecule has 2 rings (SSSR count). The highest BCUT2D eigenvalue weighted by molar-refractivity contribution is 5.83. The smallest absolute Gasteiger partial charge is 0.0481 e. The van der Waals surface area contributed by atoms with Gasteiger partial charge in [0.2, 0.25) is 0 Å². The fourth-order valence-electron chi connectivity index (χ4n) is 2.16. The standard InChI is InChI=1S/C15H22N2/c1-4-12(2)9-16-10-13-11-17(3)15-8-6-5-7-14(13)15/h5-8,11-12,16H,4,9-10H2,1-3H3. The monoisotopic (exact) mass is 230 g/mol. The fourth-order valence-corrected chi connectivity index (χ4v) is 2.16. The maximum atomic E-state index is 3.54. The van der Waals surface area contributed by atoms with Crippen LogP contribution in [0.4, 0.5) is 0 Å². The summed E-state index contributed by atoms with van der Waals surface area (Å²) in [6.45, 7) is 6.59. The lowest BCUT2D eigenvalue weighted by Crippen LogP contribution is -2.20. The molecule has 2 heteroatoms. The summed E-state index contributed by atoms with van der Waals surface area (Å²) in [6, 6.07) is 8.59. The highest BCUT2D eigenvalue weighted by atomic mass is 14.9. The Morgan fingerprint density at radius 3 is 2.82 bits per heavy atom. The molecule has 0 saturated heterocycles. The van der Waals surface area contributed by atoms with Crippen LogP contribution in [0.5, 0.6) is 0 Å². The highest BCUT2D eigenvalue weighted by Crippen LogP contribution is 2.19. The van der Waals surface area contributed by atoms with Crippen molar-refractivity contribution in [2.75, 3.05) is 6.54 Å². The van der Waals surface area contributed by atoms with E-state index in [-0.39, 0.29) is 0 Å². The van der Waals surface area contributed by atoms with Crippen LogP contribution >= 0.6 is 0 Å². The lowest BCUT2D eigenvalue weighted by molar-refractivity contribution is 0.500. The molecule has 0 bridgehead atoms. The Hall–Kier alpha value is -1.28. The van der Waals surface area contributed by atoms with Crippen LogP contribution in [-0.4, -0.2) is 11.1 Å². The van der Waals surface area contributed by atoms with E-state index >= 15 is 0 Å². The SMILES string of the molecule is CCC(C)CNCc1cn(C)c2ccccc12. The highest BCUT2D eigenvalue weighted by Gasteiger charge is 2.05. The molecular formula is C15H22N2. The van der Waals surface area contributed by atoms with Gasteiger partial charge in [-0.1, -0.05) is 38.5 Å². The molecule has 17 heavy (non-hydrogen) atoms. The van der Waals surface area contributed by atoms with Crippen LogP contribution in [0.3, 0.4) is 0 Å². The molecule has 1 atom stereocenters. The first-order chi connectivity index (χ1) is 8.22. The molecule has 0 amide bonds. The minimum absolute atomic E-state index is 0.755. The second-order valence-electron chi connectivity index (χ2n) is 4.93. The van der Waals surface area contributed by atoms with E-state index in [2.05, 4.69) is 61.2 Å². The van der Waals surface area contributed by atoms with Gasteiger partial charge in [-0.05, 0) is 24.1 Å². The minimum Gasteiger partial charge on any atom is -0.350 e. The van der Waals surface area contributed by atoms with Gasteiger partial charge in [0.05, 0.1) is 0 Å². The molecule has 0 aliphatic heterocycles. The van der Waals surface area contributed by atoms with Gasteiger partial charge in [0.15, 0.2) is 0 Å². The summed E-state index contributed by atoms with van der Waals surface area (Å²) in [5, 5.41) is 4.91. The zero-order chi connectivity index (χ0) is 12.3. The molecule has 1 aromatic carbocycles. The number of nitrogens with zero attached hydrogens (tertiary/aromatic N) is 1. The Morgan fingerprint density at radius 2 is 2.06 bits per heavy atom. The molecule has 0 aliphatic rings. The number of benzene rings is 1. The first-order valence-electron chi connectivity index (χ1n) is 6.46. The molecular weight excluding hydrogens is 208 g/mol. The van der Waals surface area contributed by atoms with Crippen molar-refractivity contribution < 1.29 is 0 Å². The Labute approximate surface area is 104 Å². The largest absolute Gasteiger partial charge is 0.350 e. The van der Waals surface area contributed by atoms with E-state index in [0.717, 1.165) is 19.0 Å². The zero-order valence-corrected chi connectivity index (χ0v) is 11.0. The van der Waals surface area contributed by atoms with Crippen molar-refractivity contribution in [1.82, 2.24) is 9.88 Å². The topological polar surface area (TPSA) is 17.0 Å². The molecule has 2 nitrogen and oxygen atoms in total. The van der Waals surface area contributed by atoms with Crippen molar-refractivity contribution in [1.29, 1.82) is 0 Å². The summed E-state index contributed by atoms with van der Waals surface area (Å²) < 4.78 is 2.20. The number of para-hydroxylation sites is 1. The number of aryl methyl sites for hydroxylation is 1. The summed E-state index contributed by atoms with van der Waals surface area (Å²) >= 11 is 0. The lowest BCUT2D eigenvalue weighted by atomic mass is 10.1. The van der Waals surface area contributed by atoms with E-state index in [1.54, 1.807) is 0 Å². The summed E-state index contributed by atoms with van der Waals surface area (Å²) in [7, 11) is 2.11. The molecule has 0 aliphatic carbocycles. The summed E-state index contributed by atoms with van der Waals surface area (Å²) in [5.41, 5.74) is 2.71. The molecule has 1 N–H and O–H groups in total. The van der Waals surface area contributed by atoms with Crippen LogP contribution in [0.15, 0.2) is 30.5 Å². The van der Waals surface area contributed by atoms with Crippen molar-refractivity contribution in [3.05, 3.63) is 36.0 Å². The van der Waals surface area contributed by atoms with Crippen molar-refractivity contribution in [2.45, 2.75) is 26.8 Å². The minimum atomic E-state index is 0.755. The summed E-state index contributed by atoms with van der Waals surface area (Å²) in [5.74, 6) is 0.755. The number of hydrogen-bond acceptors (Lipinski definition) is 1. The molecule has 1 unspecified atom stereocenters. The van der Waals surface area contributed by atoms with Gasteiger partial charge in [-0.3, -0.25) is 0 Å². The third-order valence-electron chi connectivity index (χ3n) is 3.48. The van der Waals surface area contributed by atoms with Gasteiger partial charge in [0, 0.05) is 30.7 Å². The number of aromatic nitrogens is 1. The number of nitrogens with one attached hydrogen (secondary N) is 1. The quantitative estimate of drug-likeness (QED) is 0.834. The van der Waals surface area contributed by atoms with E-state index in [0.29, 0.717) is 0 Å². The predicted octanol–water partition coefficient (Wildman–Crippen LogP) is 3.31. The van der Waals surface area contributed by atoms with Crippen molar-refractivity contribution in [2.24, 2.45) is 13.0 Å². The van der Waals surface area contributed by atoms with Gasteiger partial charge in [-0.15, -0.1) is 0 Å². The number of hydrogen-bond donors (Lipinski definition) is 1. The van der Waals surface area contributed by atoms with Crippen LogP contribution in [0.25, 0.3) is 10.9 Å². The predicted molar refractivity (Wildman–Crippen MR) is 74.1 cm³/mol. The Balaban J connectivity index is 2.09. The maximum absolute atomic E-state index is 3.54. The Kier molecular flexibility index (Phi) is 3.85. The van der Waals surface area contributed by atoms with Gasteiger partial charge in [0.1, 0.15) is 0 Å². The molecule has 0 spiro atoms. The second-order valence-corrected chi connectivity index (χ2v) is 4.93. The van der Waals surface area contributed by atoms with Crippen LogP contribution in [0, 0.1) is 5.92 Å².